The van der Waals surface area contributed by atoms with Crippen LogP contribution in [0.15, 0.2) is 46.9 Å². The van der Waals surface area contributed by atoms with Crippen molar-refractivity contribution in [1.29, 1.82) is 0 Å². The van der Waals surface area contributed by atoms with Gasteiger partial charge in [0.15, 0.2) is 0 Å². The zero-order valence-electron chi connectivity index (χ0n) is 16.3. The molecule has 3 aromatic rings. The molecule has 1 N–H and O–H groups in total. The molecule has 0 fully saturated rings. The normalized spacial score (nSPS) is 10.8. The quantitative estimate of drug-likeness (QED) is 0.644. The van der Waals surface area contributed by atoms with E-state index < -0.39 is 0 Å². The van der Waals surface area contributed by atoms with Crippen LogP contribution in [0.3, 0.4) is 0 Å². The fraction of sp³-hybridized carbons (Fsp3) is 0.227. The van der Waals surface area contributed by atoms with Gasteiger partial charge in [0.25, 0.3) is 5.91 Å². The minimum Gasteiger partial charge on any atom is -0.332 e. The fourth-order valence-corrected chi connectivity index (χ4v) is 3.57. The van der Waals surface area contributed by atoms with E-state index in [1.54, 1.807) is 13.1 Å². The number of halogens is 1. The number of anilines is 1. The topological polar surface area (TPSA) is 62.3 Å². The predicted molar refractivity (Wildman–Crippen MR) is 116 cm³/mol. The van der Waals surface area contributed by atoms with Crippen LogP contribution in [0.1, 0.15) is 27.2 Å². The number of nitrogens with one attached hydrogen (secondary N) is 1. The summed E-state index contributed by atoms with van der Waals surface area (Å²) < 4.78 is 0.950. The van der Waals surface area contributed by atoms with Gasteiger partial charge in [-0.25, -0.2) is 0 Å². The van der Waals surface area contributed by atoms with Gasteiger partial charge >= 0.3 is 0 Å². The molecule has 28 heavy (non-hydrogen) atoms. The van der Waals surface area contributed by atoms with Crippen LogP contribution in [0.4, 0.5) is 5.69 Å². The maximum absolute atomic E-state index is 13.0. The first kappa shape index (κ1) is 20.0. The van der Waals surface area contributed by atoms with Crippen molar-refractivity contribution in [2.45, 2.75) is 20.8 Å². The molecule has 0 aliphatic heterocycles. The van der Waals surface area contributed by atoms with E-state index in [0.29, 0.717) is 5.56 Å². The van der Waals surface area contributed by atoms with Crippen LogP contribution in [0.5, 0.6) is 0 Å². The second-order valence-electron chi connectivity index (χ2n) is 7.00. The Morgan fingerprint density at radius 1 is 1.07 bits per heavy atom. The van der Waals surface area contributed by atoms with E-state index in [-0.39, 0.29) is 18.4 Å². The van der Waals surface area contributed by atoms with E-state index in [9.17, 15) is 9.59 Å². The summed E-state index contributed by atoms with van der Waals surface area (Å²) >= 11 is 3.41. The Kier molecular flexibility index (Phi) is 5.79. The molecule has 0 saturated heterocycles. The molecule has 0 bridgehead atoms. The van der Waals surface area contributed by atoms with Crippen molar-refractivity contribution >= 4 is 44.3 Å². The number of benzene rings is 2. The van der Waals surface area contributed by atoms with Gasteiger partial charge in [-0.1, -0.05) is 27.6 Å². The molecule has 1 aromatic heterocycles. The van der Waals surface area contributed by atoms with Gasteiger partial charge < -0.3 is 10.2 Å². The van der Waals surface area contributed by atoms with Gasteiger partial charge in [-0.2, -0.15) is 0 Å². The molecule has 144 valence electrons. The van der Waals surface area contributed by atoms with Gasteiger partial charge in [0.05, 0.1) is 17.6 Å². The summed E-state index contributed by atoms with van der Waals surface area (Å²) in [6, 6.07) is 13.2. The lowest BCUT2D eigenvalue weighted by atomic mass is 10.0. The van der Waals surface area contributed by atoms with Crippen molar-refractivity contribution in [2.75, 3.05) is 18.9 Å². The Balaban J connectivity index is 1.80. The highest BCUT2D eigenvalue weighted by Crippen LogP contribution is 2.22. The number of carbonyl (C=O) groups excluding carboxylic acids is 2. The molecule has 6 heteroatoms. The number of likely N-dealkylation sites (N-methyl/N-ethyl adjacent to an activating group) is 1. The Morgan fingerprint density at radius 3 is 2.54 bits per heavy atom. The third-order valence-corrected chi connectivity index (χ3v) is 5.01. The van der Waals surface area contributed by atoms with E-state index in [1.165, 1.54) is 4.90 Å². The molecule has 5 nitrogen and oxygen atoms in total. The van der Waals surface area contributed by atoms with Gasteiger partial charge in [0, 0.05) is 28.3 Å². The molecule has 2 aromatic carbocycles. The van der Waals surface area contributed by atoms with Crippen LogP contribution in [0, 0.1) is 20.8 Å². The maximum atomic E-state index is 13.0. The summed E-state index contributed by atoms with van der Waals surface area (Å²) in [7, 11) is 1.63. The summed E-state index contributed by atoms with van der Waals surface area (Å²) in [5.74, 6) is -0.448. The summed E-state index contributed by atoms with van der Waals surface area (Å²) in [5, 5.41) is 3.66. The average molecular weight is 440 g/mol. The predicted octanol–water partition coefficient (Wildman–Crippen LogP) is 4.63. The van der Waals surface area contributed by atoms with Gasteiger partial charge in [0.2, 0.25) is 5.91 Å². The number of hydrogen-bond donors (Lipinski definition) is 1. The molecule has 2 amide bonds. The van der Waals surface area contributed by atoms with Crippen molar-refractivity contribution in [3.8, 4) is 0 Å². The second-order valence-corrected chi connectivity index (χ2v) is 7.92. The van der Waals surface area contributed by atoms with Crippen LogP contribution in [0.2, 0.25) is 0 Å². The molecular formula is C22H22BrN3O2. The Hall–Kier alpha value is -2.73. The van der Waals surface area contributed by atoms with E-state index in [1.807, 2.05) is 57.2 Å². The highest BCUT2D eigenvalue weighted by molar-refractivity contribution is 9.10. The van der Waals surface area contributed by atoms with Crippen molar-refractivity contribution < 1.29 is 9.59 Å². The van der Waals surface area contributed by atoms with E-state index in [2.05, 4.69) is 26.2 Å². The first-order valence-electron chi connectivity index (χ1n) is 8.94. The number of aromatic nitrogens is 1. The summed E-state index contributed by atoms with van der Waals surface area (Å²) in [4.78, 5) is 31.4. The molecular weight excluding hydrogens is 418 g/mol. The van der Waals surface area contributed by atoms with Crippen molar-refractivity contribution in [2.24, 2.45) is 0 Å². The number of aryl methyl sites for hydroxylation is 3. The Bertz CT molecular complexity index is 1080. The number of carbonyl (C=O) groups is 2. The zero-order valence-corrected chi connectivity index (χ0v) is 17.9. The van der Waals surface area contributed by atoms with Crippen LogP contribution >= 0.6 is 15.9 Å². The number of amides is 2. The first-order valence-corrected chi connectivity index (χ1v) is 9.73. The SMILES string of the molecule is Cc1ccc2nc(C)cc(C(=O)N(C)CC(=O)Nc3ccc(Br)cc3C)c2c1. The highest BCUT2D eigenvalue weighted by atomic mass is 79.9. The number of hydrogen-bond acceptors (Lipinski definition) is 3. The fourth-order valence-electron chi connectivity index (χ4n) is 3.10. The third kappa shape index (κ3) is 4.39. The zero-order chi connectivity index (χ0) is 20.4. The van der Waals surface area contributed by atoms with Crippen molar-refractivity contribution in [3.05, 3.63) is 69.3 Å². The number of nitrogens with zero attached hydrogens (tertiary/aromatic N) is 2. The number of rotatable bonds is 4. The second kappa shape index (κ2) is 8.10. The molecule has 0 spiro atoms. The van der Waals surface area contributed by atoms with Crippen LogP contribution in [-0.4, -0.2) is 35.3 Å². The first-order chi connectivity index (χ1) is 13.2. The Labute approximate surface area is 172 Å². The van der Waals surface area contributed by atoms with Crippen LogP contribution in [-0.2, 0) is 4.79 Å². The Morgan fingerprint density at radius 2 is 1.82 bits per heavy atom. The minimum atomic E-state index is -0.243. The lowest BCUT2D eigenvalue weighted by Crippen LogP contribution is -2.35. The molecule has 1 heterocycles. The summed E-state index contributed by atoms with van der Waals surface area (Å²) in [5.41, 5.74) is 4.83. The average Bonchev–Trinajstić information content (AvgIpc) is 2.63. The van der Waals surface area contributed by atoms with Crippen LogP contribution < -0.4 is 5.32 Å². The monoisotopic (exact) mass is 439 g/mol. The van der Waals surface area contributed by atoms with Gasteiger partial charge in [-0.3, -0.25) is 14.6 Å². The molecule has 0 aliphatic carbocycles. The van der Waals surface area contributed by atoms with Gasteiger partial charge in [-0.15, -0.1) is 0 Å². The lowest BCUT2D eigenvalue weighted by molar-refractivity contribution is -0.116. The van der Waals surface area contributed by atoms with Crippen molar-refractivity contribution in [1.82, 2.24) is 9.88 Å². The molecule has 0 saturated carbocycles. The molecule has 0 aliphatic rings. The van der Waals surface area contributed by atoms with E-state index in [0.717, 1.165) is 37.9 Å². The smallest absolute Gasteiger partial charge is 0.254 e. The lowest BCUT2D eigenvalue weighted by Gasteiger charge is -2.19. The highest BCUT2D eigenvalue weighted by Gasteiger charge is 2.19. The van der Waals surface area contributed by atoms with Gasteiger partial charge in [-0.05, 0) is 62.7 Å². The van der Waals surface area contributed by atoms with Gasteiger partial charge in [0.1, 0.15) is 0 Å². The number of pyridine rings is 1. The largest absolute Gasteiger partial charge is 0.332 e. The third-order valence-electron chi connectivity index (χ3n) is 4.51. The standard InChI is InChI=1S/C22H22BrN3O2/c1-13-5-7-20-17(9-13)18(11-15(3)24-20)22(28)26(4)12-21(27)25-19-8-6-16(23)10-14(19)2/h5-11H,12H2,1-4H3,(H,25,27). The molecule has 0 atom stereocenters. The molecule has 3 rings (SSSR count). The van der Waals surface area contributed by atoms with Crippen LogP contribution in [0.25, 0.3) is 10.9 Å². The van der Waals surface area contributed by atoms with Crippen molar-refractivity contribution in [3.63, 3.8) is 0 Å². The molecule has 0 radical (unpaired) electrons. The van der Waals surface area contributed by atoms with E-state index in [4.69, 9.17) is 0 Å². The number of fused-ring (bicyclic) bond motifs is 1. The molecule has 0 unspecified atom stereocenters. The van der Waals surface area contributed by atoms with E-state index >= 15 is 0 Å². The summed E-state index contributed by atoms with van der Waals surface area (Å²) in [6.07, 6.45) is 0. The summed E-state index contributed by atoms with van der Waals surface area (Å²) in [6.45, 7) is 5.72. The minimum absolute atomic E-state index is 0.0387. The maximum Gasteiger partial charge on any atom is 0.254 e.